The molecule has 2 heterocycles. The molecule has 33 heavy (non-hydrogen) atoms. The molecule has 1 aromatic rings. The molecule has 1 N–H and O–H groups in total. The number of halogens is 6. The number of piperidine rings is 1. The van der Waals surface area contributed by atoms with Crippen LogP contribution in [0.5, 0.6) is 0 Å². The number of hydrogen-bond acceptors (Lipinski definition) is 4. The van der Waals surface area contributed by atoms with Gasteiger partial charge in [0.1, 0.15) is 0 Å². The lowest BCUT2D eigenvalue weighted by Gasteiger charge is -2.39. The van der Waals surface area contributed by atoms with Crippen LogP contribution in [0.2, 0.25) is 0 Å². The third-order valence-corrected chi connectivity index (χ3v) is 7.58. The van der Waals surface area contributed by atoms with Gasteiger partial charge >= 0.3 is 12.4 Å². The SMILES string of the molecule is CCC1CN(C(=O)C2CCN(C(C)=O)CC2)c2ccc(C(O)(C(F)(F)F)C(F)(F)F)cc2S1. The first kappa shape index (κ1) is 25.7. The van der Waals surface area contributed by atoms with Crippen LogP contribution in [-0.4, -0.2) is 59.1 Å². The highest BCUT2D eigenvalue weighted by atomic mass is 32.2. The highest BCUT2D eigenvalue weighted by Crippen LogP contribution is 2.52. The molecule has 2 aliphatic heterocycles. The molecule has 1 atom stereocenters. The van der Waals surface area contributed by atoms with E-state index in [0.717, 1.165) is 17.8 Å². The second kappa shape index (κ2) is 9.01. The molecule has 12 heteroatoms. The Hall–Kier alpha value is -1.95. The van der Waals surface area contributed by atoms with Gasteiger partial charge in [0.25, 0.3) is 5.60 Å². The fourth-order valence-electron chi connectivity index (χ4n) is 4.15. The summed E-state index contributed by atoms with van der Waals surface area (Å²) in [7, 11) is 0. The van der Waals surface area contributed by atoms with E-state index in [-0.39, 0.29) is 34.2 Å². The van der Waals surface area contributed by atoms with E-state index in [0.29, 0.717) is 44.5 Å². The molecule has 2 aliphatic rings. The van der Waals surface area contributed by atoms with Gasteiger partial charge in [0.15, 0.2) is 0 Å². The third kappa shape index (κ3) is 4.68. The lowest BCUT2D eigenvalue weighted by molar-refractivity contribution is -0.376. The Morgan fingerprint density at radius 3 is 2.15 bits per heavy atom. The van der Waals surface area contributed by atoms with Crippen LogP contribution in [0, 0.1) is 5.92 Å². The van der Waals surface area contributed by atoms with Crippen molar-refractivity contribution in [3.63, 3.8) is 0 Å². The quantitative estimate of drug-likeness (QED) is 0.625. The second-order valence-corrected chi connectivity index (χ2v) is 9.61. The zero-order valence-electron chi connectivity index (χ0n) is 18.0. The van der Waals surface area contributed by atoms with Crippen LogP contribution in [0.3, 0.4) is 0 Å². The summed E-state index contributed by atoms with van der Waals surface area (Å²) in [6, 6.07) is 2.29. The first-order valence-electron chi connectivity index (χ1n) is 10.4. The molecule has 2 amide bonds. The van der Waals surface area contributed by atoms with E-state index in [1.54, 1.807) is 4.90 Å². The molecule has 1 unspecified atom stereocenters. The number of carbonyl (C=O) groups is 2. The van der Waals surface area contributed by atoms with E-state index >= 15 is 0 Å². The molecule has 0 spiro atoms. The zero-order valence-corrected chi connectivity index (χ0v) is 18.8. The molecule has 0 aliphatic carbocycles. The number of alkyl halides is 6. The first-order valence-corrected chi connectivity index (χ1v) is 11.3. The molecule has 5 nitrogen and oxygen atoms in total. The van der Waals surface area contributed by atoms with Crippen LogP contribution in [0.25, 0.3) is 0 Å². The minimum Gasteiger partial charge on any atom is -0.369 e. The van der Waals surface area contributed by atoms with Crippen LogP contribution >= 0.6 is 11.8 Å². The summed E-state index contributed by atoms with van der Waals surface area (Å²) in [5, 5.41) is 9.52. The molecular formula is C21H24F6N2O3S. The van der Waals surface area contributed by atoms with Crippen LogP contribution in [0.4, 0.5) is 32.0 Å². The number of nitrogens with zero attached hydrogens (tertiary/aromatic N) is 2. The molecule has 0 bridgehead atoms. The molecule has 1 fully saturated rings. The minimum absolute atomic E-state index is 0.0760. The van der Waals surface area contributed by atoms with Gasteiger partial charge in [-0.05, 0) is 31.4 Å². The molecule has 0 radical (unpaired) electrons. The maximum atomic E-state index is 13.3. The summed E-state index contributed by atoms with van der Waals surface area (Å²) < 4.78 is 80.0. The van der Waals surface area contributed by atoms with Crippen molar-refractivity contribution in [2.45, 2.75) is 61.2 Å². The van der Waals surface area contributed by atoms with Gasteiger partial charge in [0.05, 0.1) is 5.69 Å². The Kier molecular flexibility index (Phi) is 7.01. The van der Waals surface area contributed by atoms with E-state index < -0.39 is 29.4 Å². The van der Waals surface area contributed by atoms with E-state index in [1.807, 2.05) is 6.92 Å². The Morgan fingerprint density at radius 1 is 1.09 bits per heavy atom. The number of carbonyl (C=O) groups excluding carboxylic acids is 2. The highest BCUT2D eigenvalue weighted by molar-refractivity contribution is 8.00. The maximum Gasteiger partial charge on any atom is 0.430 e. The fraction of sp³-hybridized carbons (Fsp3) is 0.619. The second-order valence-electron chi connectivity index (χ2n) is 8.27. The summed E-state index contributed by atoms with van der Waals surface area (Å²) in [5.74, 6) is -0.773. The Labute approximate surface area is 191 Å². The van der Waals surface area contributed by atoms with Crippen LogP contribution < -0.4 is 4.90 Å². The van der Waals surface area contributed by atoms with Crippen molar-refractivity contribution >= 4 is 29.3 Å². The van der Waals surface area contributed by atoms with Crippen LogP contribution in [0.15, 0.2) is 23.1 Å². The topological polar surface area (TPSA) is 60.9 Å². The Balaban J connectivity index is 1.96. The van der Waals surface area contributed by atoms with E-state index in [4.69, 9.17) is 0 Å². The summed E-state index contributed by atoms with van der Waals surface area (Å²) in [6.45, 7) is 4.32. The van der Waals surface area contributed by atoms with Gasteiger partial charge in [-0.15, -0.1) is 11.8 Å². The smallest absolute Gasteiger partial charge is 0.369 e. The number of rotatable bonds is 3. The molecule has 0 aromatic heterocycles. The zero-order chi connectivity index (χ0) is 24.8. The van der Waals surface area contributed by atoms with Gasteiger partial charge in [-0.3, -0.25) is 9.59 Å². The summed E-state index contributed by atoms with van der Waals surface area (Å²) in [6.07, 6.45) is -10.6. The van der Waals surface area contributed by atoms with Crippen molar-refractivity contribution in [3.8, 4) is 0 Å². The first-order chi connectivity index (χ1) is 15.2. The van der Waals surface area contributed by atoms with Crippen molar-refractivity contribution in [1.29, 1.82) is 0 Å². The fourth-order valence-corrected chi connectivity index (χ4v) is 5.39. The van der Waals surface area contributed by atoms with Gasteiger partial charge in [-0.1, -0.05) is 13.0 Å². The normalized spacial score (nSPS) is 20.6. The molecular weight excluding hydrogens is 474 g/mol. The van der Waals surface area contributed by atoms with Crippen molar-refractivity contribution in [2.24, 2.45) is 5.92 Å². The minimum atomic E-state index is -5.98. The molecule has 0 saturated carbocycles. The van der Waals surface area contributed by atoms with Gasteiger partial charge < -0.3 is 14.9 Å². The van der Waals surface area contributed by atoms with Crippen molar-refractivity contribution in [3.05, 3.63) is 23.8 Å². The third-order valence-electron chi connectivity index (χ3n) is 6.18. The van der Waals surface area contributed by atoms with Gasteiger partial charge in [-0.2, -0.15) is 26.3 Å². The van der Waals surface area contributed by atoms with Crippen molar-refractivity contribution in [2.75, 3.05) is 24.5 Å². The number of anilines is 1. The number of aliphatic hydroxyl groups is 1. The molecule has 1 aromatic carbocycles. The number of fused-ring (bicyclic) bond motifs is 1. The summed E-state index contributed by atoms with van der Waals surface area (Å²) >= 11 is 1.09. The van der Waals surface area contributed by atoms with E-state index in [1.165, 1.54) is 11.8 Å². The number of thioether (sulfide) groups is 1. The van der Waals surface area contributed by atoms with E-state index in [2.05, 4.69) is 0 Å². The molecule has 3 rings (SSSR count). The lowest BCUT2D eigenvalue weighted by atomic mass is 9.91. The van der Waals surface area contributed by atoms with Gasteiger partial charge in [-0.25, -0.2) is 0 Å². The van der Waals surface area contributed by atoms with Crippen LogP contribution in [0.1, 0.15) is 38.7 Å². The number of amides is 2. The van der Waals surface area contributed by atoms with Crippen molar-refractivity contribution < 1.29 is 41.0 Å². The van der Waals surface area contributed by atoms with E-state index in [9.17, 15) is 41.0 Å². The highest BCUT2D eigenvalue weighted by Gasteiger charge is 2.71. The van der Waals surface area contributed by atoms with Crippen molar-refractivity contribution in [1.82, 2.24) is 4.90 Å². The van der Waals surface area contributed by atoms with Gasteiger partial charge in [0, 0.05) is 48.2 Å². The standard InChI is InChI=1S/C21H24F6N2O3S/c1-3-15-11-29(18(31)13-6-8-28(9-7-13)12(2)30)16-5-4-14(10-17(16)33-15)19(32,20(22,23)24)21(25,26)27/h4-5,10,13,15,32H,3,6-9,11H2,1-2H3. The lowest BCUT2D eigenvalue weighted by Crippen LogP contribution is -2.54. The number of benzene rings is 1. The average Bonchev–Trinajstić information content (AvgIpc) is 2.75. The Bertz CT molecular complexity index is 898. The Morgan fingerprint density at radius 2 is 1.67 bits per heavy atom. The molecule has 1 saturated heterocycles. The van der Waals surface area contributed by atoms with Crippen LogP contribution in [-0.2, 0) is 15.2 Å². The predicted molar refractivity (Wildman–Crippen MR) is 110 cm³/mol. The van der Waals surface area contributed by atoms with Gasteiger partial charge in [0.2, 0.25) is 11.8 Å². The number of likely N-dealkylation sites (tertiary alicyclic amines) is 1. The average molecular weight is 498 g/mol. The number of hydrogen-bond donors (Lipinski definition) is 1. The predicted octanol–water partition coefficient (Wildman–Crippen LogP) is 4.47. The largest absolute Gasteiger partial charge is 0.430 e. The summed E-state index contributed by atoms with van der Waals surface area (Å²) in [5.41, 5.74) is -6.14. The maximum absolute atomic E-state index is 13.3. The summed E-state index contributed by atoms with van der Waals surface area (Å²) in [4.78, 5) is 27.9. The monoisotopic (exact) mass is 498 g/mol. The molecule has 184 valence electrons.